The average molecular weight is 266 g/mol. The van der Waals surface area contributed by atoms with E-state index in [2.05, 4.69) is 22.7 Å². The normalized spacial score (nSPS) is 10.6. The molecule has 2 aromatic rings. The van der Waals surface area contributed by atoms with Gasteiger partial charge >= 0.3 is 0 Å². The lowest BCUT2D eigenvalue weighted by Gasteiger charge is -2.01. The molecule has 2 rings (SSSR count). The highest BCUT2D eigenvalue weighted by molar-refractivity contribution is 5.82. The van der Waals surface area contributed by atoms with Crippen LogP contribution in [0.1, 0.15) is 24.0 Å². The Hall–Kier alpha value is -2.42. The summed E-state index contributed by atoms with van der Waals surface area (Å²) in [5.74, 6) is -0.0480. The summed E-state index contributed by atoms with van der Waals surface area (Å²) in [4.78, 5) is 11.6. The number of nitrogens with zero attached hydrogens (tertiary/aromatic N) is 1. The fourth-order valence-corrected chi connectivity index (χ4v) is 1.87. The molecule has 20 heavy (non-hydrogen) atoms. The number of hydrogen-bond donors (Lipinski definition) is 1. The number of aryl methyl sites for hydroxylation is 1. The van der Waals surface area contributed by atoms with Crippen molar-refractivity contribution in [2.24, 2.45) is 5.10 Å². The predicted molar refractivity (Wildman–Crippen MR) is 81.6 cm³/mol. The van der Waals surface area contributed by atoms with Gasteiger partial charge in [0.25, 0.3) is 0 Å². The third-order valence-electron chi connectivity index (χ3n) is 2.91. The van der Waals surface area contributed by atoms with Gasteiger partial charge in [0.1, 0.15) is 0 Å². The van der Waals surface area contributed by atoms with Crippen molar-refractivity contribution in [2.75, 3.05) is 0 Å². The van der Waals surface area contributed by atoms with Crippen molar-refractivity contribution in [1.82, 2.24) is 5.43 Å². The lowest BCUT2D eigenvalue weighted by molar-refractivity contribution is -0.121. The molecule has 0 aliphatic carbocycles. The highest BCUT2D eigenvalue weighted by Gasteiger charge is 1.99. The molecule has 0 spiro atoms. The summed E-state index contributed by atoms with van der Waals surface area (Å²) >= 11 is 0. The maximum atomic E-state index is 11.6. The van der Waals surface area contributed by atoms with Crippen molar-refractivity contribution < 1.29 is 4.79 Å². The van der Waals surface area contributed by atoms with E-state index in [1.807, 2.05) is 48.5 Å². The molecule has 0 saturated heterocycles. The zero-order chi connectivity index (χ0) is 14.0. The predicted octanol–water partition coefficient (Wildman–Crippen LogP) is 3.16. The van der Waals surface area contributed by atoms with Crippen molar-refractivity contribution in [3.63, 3.8) is 0 Å². The summed E-state index contributed by atoms with van der Waals surface area (Å²) in [6, 6.07) is 19.9. The second-order valence-corrected chi connectivity index (χ2v) is 4.54. The number of carbonyl (C=O) groups excluding carboxylic acids is 1. The zero-order valence-corrected chi connectivity index (χ0v) is 11.3. The molecule has 0 saturated carbocycles. The van der Waals surface area contributed by atoms with Gasteiger partial charge < -0.3 is 0 Å². The van der Waals surface area contributed by atoms with E-state index >= 15 is 0 Å². The van der Waals surface area contributed by atoms with E-state index in [4.69, 9.17) is 0 Å². The molecule has 3 heteroatoms. The SMILES string of the molecule is O=C(CCCc1ccccc1)N/N=C/c1ccccc1. The van der Waals surface area contributed by atoms with E-state index in [9.17, 15) is 4.79 Å². The Bertz CT molecular complexity index is 550. The van der Waals surface area contributed by atoms with Crippen molar-refractivity contribution in [1.29, 1.82) is 0 Å². The van der Waals surface area contributed by atoms with Gasteiger partial charge in [0, 0.05) is 6.42 Å². The average Bonchev–Trinajstić information content (AvgIpc) is 2.49. The Morgan fingerprint density at radius 1 is 1.00 bits per heavy atom. The van der Waals surface area contributed by atoms with Crippen LogP contribution in [0.25, 0.3) is 0 Å². The van der Waals surface area contributed by atoms with Crippen molar-refractivity contribution in [3.05, 3.63) is 71.8 Å². The topological polar surface area (TPSA) is 41.5 Å². The van der Waals surface area contributed by atoms with Gasteiger partial charge in [-0.05, 0) is 24.0 Å². The van der Waals surface area contributed by atoms with Gasteiger partial charge in [-0.2, -0.15) is 5.10 Å². The molecule has 0 heterocycles. The molecule has 0 aliphatic rings. The Balaban J connectivity index is 1.67. The minimum Gasteiger partial charge on any atom is -0.273 e. The number of hydrazone groups is 1. The Morgan fingerprint density at radius 3 is 2.35 bits per heavy atom. The molecule has 1 amide bonds. The largest absolute Gasteiger partial charge is 0.273 e. The second kappa shape index (κ2) is 7.89. The molecule has 0 atom stereocenters. The molecule has 0 radical (unpaired) electrons. The van der Waals surface area contributed by atoms with Crippen LogP contribution < -0.4 is 5.43 Å². The van der Waals surface area contributed by atoms with E-state index in [0.717, 1.165) is 18.4 Å². The van der Waals surface area contributed by atoms with E-state index in [0.29, 0.717) is 6.42 Å². The fourth-order valence-electron chi connectivity index (χ4n) is 1.87. The van der Waals surface area contributed by atoms with Gasteiger partial charge in [0.2, 0.25) is 5.91 Å². The van der Waals surface area contributed by atoms with Gasteiger partial charge in [0.05, 0.1) is 6.21 Å². The molecule has 0 aliphatic heterocycles. The van der Waals surface area contributed by atoms with Gasteiger partial charge in [0.15, 0.2) is 0 Å². The molecule has 1 N–H and O–H groups in total. The van der Waals surface area contributed by atoms with Crippen LogP contribution >= 0.6 is 0 Å². The zero-order valence-electron chi connectivity index (χ0n) is 11.3. The van der Waals surface area contributed by atoms with Crippen LogP contribution in [-0.2, 0) is 11.2 Å². The van der Waals surface area contributed by atoms with Crippen LogP contribution in [0.3, 0.4) is 0 Å². The second-order valence-electron chi connectivity index (χ2n) is 4.54. The van der Waals surface area contributed by atoms with Crippen molar-refractivity contribution >= 4 is 12.1 Å². The Kier molecular flexibility index (Phi) is 5.53. The molecule has 102 valence electrons. The molecule has 2 aromatic carbocycles. The summed E-state index contributed by atoms with van der Waals surface area (Å²) in [7, 11) is 0. The van der Waals surface area contributed by atoms with Gasteiger partial charge in [-0.1, -0.05) is 60.7 Å². The fraction of sp³-hybridized carbons (Fsp3) is 0.176. The lowest BCUT2D eigenvalue weighted by Crippen LogP contribution is -2.17. The van der Waals surface area contributed by atoms with Crippen LogP contribution in [0.5, 0.6) is 0 Å². The standard InChI is InChI=1S/C17H18N2O/c20-17(13-7-12-15-8-3-1-4-9-15)19-18-14-16-10-5-2-6-11-16/h1-6,8-11,14H,7,12-13H2,(H,19,20)/b18-14+. The molecule has 0 bridgehead atoms. The lowest BCUT2D eigenvalue weighted by atomic mass is 10.1. The third kappa shape index (κ3) is 5.06. The van der Waals surface area contributed by atoms with Crippen LogP contribution in [0.15, 0.2) is 65.8 Å². The Labute approximate surface area is 119 Å². The highest BCUT2D eigenvalue weighted by Crippen LogP contribution is 2.04. The Morgan fingerprint density at radius 2 is 1.65 bits per heavy atom. The summed E-state index contributed by atoms with van der Waals surface area (Å²) in [5, 5.41) is 3.94. The van der Waals surface area contributed by atoms with Crippen LogP contribution in [0.4, 0.5) is 0 Å². The van der Waals surface area contributed by atoms with Crippen LogP contribution in [-0.4, -0.2) is 12.1 Å². The smallest absolute Gasteiger partial charge is 0.240 e. The first-order chi connectivity index (χ1) is 9.84. The first-order valence-electron chi connectivity index (χ1n) is 6.75. The molecule has 0 aromatic heterocycles. The molecular formula is C17H18N2O. The number of rotatable bonds is 6. The maximum absolute atomic E-state index is 11.6. The van der Waals surface area contributed by atoms with E-state index < -0.39 is 0 Å². The highest BCUT2D eigenvalue weighted by atomic mass is 16.2. The quantitative estimate of drug-likeness (QED) is 0.633. The number of carbonyl (C=O) groups is 1. The van der Waals surface area contributed by atoms with Crippen LogP contribution in [0, 0.1) is 0 Å². The van der Waals surface area contributed by atoms with Gasteiger partial charge in [-0.15, -0.1) is 0 Å². The molecular weight excluding hydrogens is 248 g/mol. The number of hydrogen-bond acceptors (Lipinski definition) is 2. The molecule has 0 unspecified atom stereocenters. The molecule has 3 nitrogen and oxygen atoms in total. The van der Waals surface area contributed by atoms with E-state index in [1.165, 1.54) is 5.56 Å². The number of benzene rings is 2. The van der Waals surface area contributed by atoms with E-state index in [-0.39, 0.29) is 5.91 Å². The monoisotopic (exact) mass is 266 g/mol. The van der Waals surface area contributed by atoms with Gasteiger partial charge in [-0.25, -0.2) is 5.43 Å². The van der Waals surface area contributed by atoms with E-state index in [1.54, 1.807) is 6.21 Å². The number of amides is 1. The molecule has 0 fully saturated rings. The van der Waals surface area contributed by atoms with Crippen molar-refractivity contribution in [2.45, 2.75) is 19.3 Å². The summed E-state index contributed by atoms with van der Waals surface area (Å²) in [5.41, 5.74) is 4.77. The summed E-state index contributed by atoms with van der Waals surface area (Å²) in [6.45, 7) is 0. The number of nitrogens with one attached hydrogen (secondary N) is 1. The first kappa shape index (κ1) is 14.0. The third-order valence-corrected chi connectivity index (χ3v) is 2.91. The minimum absolute atomic E-state index is 0.0480. The van der Waals surface area contributed by atoms with Gasteiger partial charge in [-0.3, -0.25) is 4.79 Å². The maximum Gasteiger partial charge on any atom is 0.240 e. The summed E-state index contributed by atoms with van der Waals surface area (Å²) in [6.07, 6.45) is 3.88. The van der Waals surface area contributed by atoms with Crippen LogP contribution in [0.2, 0.25) is 0 Å². The summed E-state index contributed by atoms with van der Waals surface area (Å²) < 4.78 is 0. The van der Waals surface area contributed by atoms with Crippen molar-refractivity contribution in [3.8, 4) is 0 Å². The minimum atomic E-state index is -0.0480. The first-order valence-corrected chi connectivity index (χ1v) is 6.75.